The molecule has 0 radical (unpaired) electrons. The first-order chi connectivity index (χ1) is 32.2. The molecule has 4 aliphatic rings. The second-order valence-electron chi connectivity index (χ2n) is 18.6. The van der Waals surface area contributed by atoms with Crippen LogP contribution in [0.3, 0.4) is 0 Å². The summed E-state index contributed by atoms with van der Waals surface area (Å²) in [5.74, 6) is -6.86. The Hall–Kier alpha value is -6.97. The van der Waals surface area contributed by atoms with Gasteiger partial charge in [-0.3, -0.25) is 19.2 Å². The highest BCUT2D eigenvalue weighted by molar-refractivity contribution is 5.97. The molecule has 1 saturated heterocycles. The summed E-state index contributed by atoms with van der Waals surface area (Å²) in [4.78, 5) is 96.3. The minimum Gasteiger partial charge on any atom is -0.458 e. The number of hydrogen-bond donors (Lipinski definition) is 1. The summed E-state index contributed by atoms with van der Waals surface area (Å²) in [6.45, 7) is 9.39. The van der Waals surface area contributed by atoms with E-state index in [0.29, 0.717) is 16.7 Å². The van der Waals surface area contributed by atoms with Gasteiger partial charge in [0.15, 0.2) is 17.5 Å². The second-order valence-corrected chi connectivity index (χ2v) is 18.6. The molecule has 0 amide bonds. The van der Waals surface area contributed by atoms with Crippen LogP contribution in [-0.2, 0) is 52.4 Å². The molecule has 3 aliphatic carbocycles. The Morgan fingerprint density at radius 3 is 2.03 bits per heavy atom. The van der Waals surface area contributed by atoms with Crippen molar-refractivity contribution in [2.75, 3.05) is 6.61 Å². The van der Waals surface area contributed by atoms with E-state index in [1.807, 2.05) is 30.3 Å². The molecule has 1 N–H and O–H groups in total. The number of esters is 6. The Morgan fingerprint density at radius 1 is 0.735 bits per heavy atom. The van der Waals surface area contributed by atoms with Crippen LogP contribution < -0.4 is 4.74 Å². The molecule has 0 aromatic heterocycles. The highest BCUT2D eigenvalue weighted by Crippen LogP contribution is 2.65. The maximum Gasteiger partial charge on any atom is 0.343 e. The molecule has 4 aromatic carbocycles. The first kappa shape index (κ1) is 47.5. The van der Waals surface area contributed by atoms with Crippen molar-refractivity contribution in [1.82, 2.24) is 0 Å². The summed E-state index contributed by atoms with van der Waals surface area (Å²) in [6, 6.07) is 27.2. The molecule has 9 atom stereocenters. The number of ether oxygens (including phenoxy) is 7. The van der Waals surface area contributed by atoms with Crippen LogP contribution in [0.25, 0.3) is 16.8 Å². The average Bonchev–Trinajstić information content (AvgIpc) is 3.29. The van der Waals surface area contributed by atoms with E-state index in [4.69, 9.17) is 33.2 Å². The lowest BCUT2D eigenvalue weighted by Crippen LogP contribution is -2.82. The van der Waals surface area contributed by atoms with E-state index in [1.54, 1.807) is 75.4 Å². The predicted octanol–water partition coefficient (Wildman–Crippen LogP) is 6.86. The number of fused-ring (bicyclic) bond motifs is 6. The monoisotopic (exact) mass is 928 g/mol. The minimum atomic E-state index is -2.29. The highest BCUT2D eigenvalue weighted by atomic mass is 16.6. The number of carbonyl (C=O) groups excluding carboxylic acids is 7. The van der Waals surface area contributed by atoms with Crippen LogP contribution in [-0.4, -0.2) is 95.0 Å². The first-order valence-corrected chi connectivity index (χ1v) is 22.3. The summed E-state index contributed by atoms with van der Waals surface area (Å²) in [7, 11) is 0. The minimum absolute atomic E-state index is 0.0861. The van der Waals surface area contributed by atoms with Crippen LogP contribution in [0.15, 0.2) is 114 Å². The SMILES string of the molecule is CC(=O)O[C@H]1C(=O)[C@]2(C)[C@@H](OC(=O)/C=C/c3ccc(OC(=O)c4ccc5ccccc5c4)cc3)C[C@H]3OC[C@@]3(OC(C)=O)[C@H]2[C@H](OC(=O)c2ccccc2)[C@]2(O)C[C@H](OC(C)=O)C(C)=C1C2(C)C. The van der Waals surface area contributed by atoms with E-state index in [9.17, 15) is 33.9 Å². The molecule has 2 bridgehead atoms. The molecule has 354 valence electrons. The Balaban J connectivity index is 1.19. The molecular weight excluding hydrogens is 877 g/mol. The first-order valence-electron chi connectivity index (χ1n) is 22.3. The fraction of sp³-hybridized carbons (Fsp3) is 0.377. The van der Waals surface area contributed by atoms with E-state index in [1.165, 1.54) is 32.1 Å². The van der Waals surface area contributed by atoms with Crippen molar-refractivity contribution in [3.63, 3.8) is 0 Å². The van der Waals surface area contributed by atoms with Crippen molar-refractivity contribution in [2.24, 2.45) is 16.7 Å². The summed E-state index contributed by atoms with van der Waals surface area (Å²) in [6.07, 6.45) is -5.29. The zero-order valence-electron chi connectivity index (χ0n) is 38.6. The number of Topliss-reactive ketones (excluding diaryl/α,β-unsaturated/α-hetero) is 1. The van der Waals surface area contributed by atoms with Gasteiger partial charge in [-0.05, 0) is 83.8 Å². The van der Waals surface area contributed by atoms with Crippen molar-refractivity contribution in [1.29, 1.82) is 0 Å². The summed E-state index contributed by atoms with van der Waals surface area (Å²) >= 11 is 0. The van der Waals surface area contributed by atoms with Crippen molar-refractivity contribution in [3.05, 3.63) is 131 Å². The van der Waals surface area contributed by atoms with Crippen LogP contribution in [0, 0.1) is 16.7 Å². The van der Waals surface area contributed by atoms with Gasteiger partial charge in [-0.25, -0.2) is 14.4 Å². The quantitative estimate of drug-likeness (QED) is 0.0567. The fourth-order valence-corrected chi connectivity index (χ4v) is 10.8. The van der Waals surface area contributed by atoms with Gasteiger partial charge in [0.25, 0.3) is 0 Å². The lowest BCUT2D eigenvalue weighted by atomic mass is 9.44. The van der Waals surface area contributed by atoms with Crippen LogP contribution in [0.5, 0.6) is 5.75 Å². The Bertz CT molecular complexity index is 2770. The third-order valence-electron chi connectivity index (χ3n) is 14.2. The molecule has 4 aromatic rings. The summed E-state index contributed by atoms with van der Waals surface area (Å²) < 4.78 is 42.2. The maximum absolute atomic E-state index is 15.9. The Labute approximate surface area is 392 Å². The Morgan fingerprint density at radius 2 is 1.40 bits per heavy atom. The van der Waals surface area contributed by atoms with E-state index >= 15 is 4.79 Å². The maximum atomic E-state index is 15.9. The molecule has 15 nitrogen and oxygen atoms in total. The molecule has 15 heteroatoms. The number of ketones is 1. The number of benzene rings is 4. The highest BCUT2D eigenvalue weighted by Gasteiger charge is 2.79. The van der Waals surface area contributed by atoms with Crippen LogP contribution >= 0.6 is 0 Å². The predicted molar refractivity (Wildman–Crippen MR) is 243 cm³/mol. The summed E-state index contributed by atoms with van der Waals surface area (Å²) in [5.41, 5.74) is -6.38. The van der Waals surface area contributed by atoms with Crippen molar-refractivity contribution in [3.8, 4) is 5.75 Å². The molecule has 68 heavy (non-hydrogen) atoms. The molecule has 1 heterocycles. The fourth-order valence-electron chi connectivity index (χ4n) is 10.8. The number of carbonyl (C=O) groups is 7. The van der Waals surface area contributed by atoms with Gasteiger partial charge in [-0.2, -0.15) is 0 Å². The van der Waals surface area contributed by atoms with Gasteiger partial charge in [0.2, 0.25) is 0 Å². The van der Waals surface area contributed by atoms with E-state index in [0.717, 1.165) is 30.7 Å². The van der Waals surface area contributed by atoms with Gasteiger partial charge in [-0.15, -0.1) is 0 Å². The normalized spacial score (nSPS) is 29.2. The van der Waals surface area contributed by atoms with Crippen molar-refractivity contribution >= 4 is 58.4 Å². The number of aliphatic hydroxyl groups is 1. The van der Waals surface area contributed by atoms with Gasteiger partial charge < -0.3 is 38.3 Å². The number of rotatable bonds is 10. The van der Waals surface area contributed by atoms with Gasteiger partial charge >= 0.3 is 35.8 Å². The molecule has 3 fully saturated rings. The zero-order valence-corrected chi connectivity index (χ0v) is 38.6. The van der Waals surface area contributed by atoms with Crippen molar-refractivity contribution < 1.29 is 71.8 Å². The van der Waals surface area contributed by atoms with Crippen molar-refractivity contribution in [2.45, 2.75) is 103 Å². The largest absolute Gasteiger partial charge is 0.458 e. The topological polar surface area (TPSA) is 204 Å². The smallest absolute Gasteiger partial charge is 0.343 e. The average molecular weight is 929 g/mol. The second kappa shape index (κ2) is 17.9. The van der Waals surface area contributed by atoms with E-state index < -0.39 is 100 Å². The summed E-state index contributed by atoms with van der Waals surface area (Å²) in [5, 5.41) is 15.5. The van der Waals surface area contributed by atoms with Crippen LogP contribution in [0.4, 0.5) is 0 Å². The molecule has 0 spiro atoms. The zero-order chi connectivity index (χ0) is 48.9. The van der Waals surface area contributed by atoms with E-state index in [2.05, 4.69) is 0 Å². The van der Waals surface area contributed by atoms with Crippen LogP contribution in [0.2, 0.25) is 0 Å². The van der Waals surface area contributed by atoms with Crippen LogP contribution in [0.1, 0.15) is 87.6 Å². The lowest BCUT2D eigenvalue weighted by molar-refractivity contribution is -0.346. The molecular formula is C53H52O15. The third kappa shape index (κ3) is 8.27. The molecule has 2 saturated carbocycles. The standard InChI is InChI=1S/C53H52O15/c1-29-39(63-30(2)54)27-53(61)47(67-48(59)35-14-9-8-10-15-35)45-51(7,46(58)44(64-31(3)55)43(29)50(53,5)6)40(26-41-52(45,28-62-41)68-32(4)56)66-42(57)24-19-33-17-22-38(23-18-33)65-49(60)37-21-20-34-13-11-12-16-36(34)25-37/h8-25,39-41,44-45,47,61H,26-28H2,1-7H3/b24-19+/t39-,40-,41+,44+,45-,47-,51+,52-,53+/m0/s1. The van der Waals surface area contributed by atoms with Gasteiger partial charge in [-0.1, -0.05) is 74.5 Å². The molecule has 0 unspecified atom stereocenters. The van der Waals surface area contributed by atoms with Gasteiger partial charge in [0.05, 0.1) is 29.1 Å². The molecule has 8 rings (SSSR count). The van der Waals surface area contributed by atoms with Gasteiger partial charge in [0, 0.05) is 45.1 Å². The van der Waals surface area contributed by atoms with Gasteiger partial charge in [0.1, 0.15) is 35.8 Å². The Kier molecular flexibility index (Phi) is 12.5. The number of hydrogen-bond acceptors (Lipinski definition) is 15. The van der Waals surface area contributed by atoms with E-state index in [-0.39, 0.29) is 36.3 Å². The lowest BCUT2D eigenvalue weighted by Gasteiger charge is -2.67. The molecule has 1 aliphatic heterocycles. The third-order valence-corrected chi connectivity index (χ3v) is 14.2.